The number of non-ortho nitro benzene ring substituents is 1. The van der Waals surface area contributed by atoms with Gasteiger partial charge in [-0.2, -0.15) is 0 Å². The van der Waals surface area contributed by atoms with Crippen molar-refractivity contribution in [3.63, 3.8) is 0 Å². The zero-order valence-corrected chi connectivity index (χ0v) is 16.6. The lowest BCUT2D eigenvalue weighted by Gasteiger charge is -2.12. The molecule has 0 saturated carbocycles. The van der Waals surface area contributed by atoms with Gasteiger partial charge in [0.25, 0.3) is 11.2 Å². The maximum absolute atomic E-state index is 12.9. The Balaban J connectivity index is 1.79. The molecule has 1 aromatic heterocycles. The van der Waals surface area contributed by atoms with Crippen LogP contribution < -0.4 is 5.56 Å². The zero-order chi connectivity index (χ0) is 21.7. The van der Waals surface area contributed by atoms with Crippen molar-refractivity contribution >= 4 is 11.7 Å². The summed E-state index contributed by atoms with van der Waals surface area (Å²) in [5.41, 5.74) is 2.59. The van der Waals surface area contributed by atoms with Crippen LogP contribution in [0.2, 0.25) is 0 Å². The molecule has 0 fully saturated rings. The van der Waals surface area contributed by atoms with Crippen molar-refractivity contribution in [2.45, 2.75) is 25.8 Å². The summed E-state index contributed by atoms with van der Waals surface area (Å²) in [5, 5.41) is 10.8. The van der Waals surface area contributed by atoms with Gasteiger partial charge < -0.3 is 4.74 Å². The third-order valence-electron chi connectivity index (χ3n) is 4.89. The second-order valence-corrected chi connectivity index (χ2v) is 6.97. The van der Waals surface area contributed by atoms with E-state index in [-0.39, 0.29) is 23.1 Å². The number of aromatic nitrogens is 2. The van der Waals surface area contributed by atoms with E-state index in [2.05, 4.69) is 4.98 Å². The molecule has 0 aliphatic carbocycles. The average Bonchev–Trinajstić information content (AvgIpc) is 2.75. The molecule has 0 unspecified atom stereocenters. The van der Waals surface area contributed by atoms with Crippen LogP contribution in [0.1, 0.15) is 30.4 Å². The number of nitrogens with zero attached hydrogens (tertiary/aromatic N) is 3. The summed E-state index contributed by atoms with van der Waals surface area (Å²) >= 11 is 0. The van der Waals surface area contributed by atoms with Crippen molar-refractivity contribution in [3.8, 4) is 11.1 Å². The lowest BCUT2D eigenvalue weighted by Crippen LogP contribution is -2.22. The molecule has 8 nitrogen and oxygen atoms in total. The monoisotopic (exact) mass is 407 g/mol. The average molecular weight is 407 g/mol. The Hall–Kier alpha value is -3.81. The number of carbonyl (C=O) groups excluding carboxylic acids is 1. The molecule has 3 rings (SSSR count). The van der Waals surface area contributed by atoms with Gasteiger partial charge in [0.1, 0.15) is 0 Å². The van der Waals surface area contributed by atoms with Crippen molar-refractivity contribution in [2.24, 2.45) is 0 Å². The van der Waals surface area contributed by atoms with Crippen LogP contribution in [0.15, 0.2) is 65.8 Å². The Morgan fingerprint density at radius 1 is 1.17 bits per heavy atom. The van der Waals surface area contributed by atoms with Crippen molar-refractivity contribution in [3.05, 3.63) is 92.7 Å². The van der Waals surface area contributed by atoms with E-state index in [0.717, 1.165) is 11.1 Å². The topological polar surface area (TPSA) is 104 Å². The van der Waals surface area contributed by atoms with E-state index in [0.29, 0.717) is 24.1 Å². The molecule has 3 aromatic rings. The predicted molar refractivity (Wildman–Crippen MR) is 111 cm³/mol. The number of esters is 1. The molecule has 154 valence electrons. The molecule has 0 amide bonds. The number of rotatable bonds is 7. The van der Waals surface area contributed by atoms with Crippen molar-refractivity contribution in [1.29, 1.82) is 0 Å². The number of nitro groups is 1. The van der Waals surface area contributed by atoms with Gasteiger partial charge in [-0.05, 0) is 34.7 Å². The number of ether oxygens (including phenoxy) is 1. The second kappa shape index (κ2) is 9.13. The largest absolute Gasteiger partial charge is 0.469 e. The van der Waals surface area contributed by atoms with Crippen LogP contribution in [0.3, 0.4) is 0 Å². The van der Waals surface area contributed by atoms with Crippen LogP contribution in [-0.2, 0) is 16.1 Å². The summed E-state index contributed by atoms with van der Waals surface area (Å²) in [6, 6.07) is 13.5. The standard InChI is InChI=1S/C22H21N3O5/c1-15(11-21(26)30-2)17-5-3-16(4-6-17)13-24-14-23-12-20(22(24)27)18-7-9-19(10-8-18)25(28)29/h3-10,12,14-15H,11,13H2,1-2H3/t15-/m1/s1. The number of carbonyl (C=O) groups is 1. The highest BCUT2D eigenvalue weighted by atomic mass is 16.6. The third kappa shape index (κ3) is 4.78. The Kier molecular flexibility index (Phi) is 6.36. The first-order valence-electron chi connectivity index (χ1n) is 9.34. The van der Waals surface area contributed by atoms with Crippen LogP contribution in [0.5, 0.6) is 0 Å². The summed E-state index contributed by atoms with van der Waals surface area (Å²) in [4.78, 5) is 38.8. The molecule has 2 aromatic carbocycles. The SMILES string of the molecule is COC(=O)C[C@@H](C)c1ccc(Cn2cncc(-c3ccc([N+](=O)[O-])cc3)c2=O)cc1. The lowest BCUT2D eigenvalue weighted by atomic mass is 9.97. The molecule has 0 radical (unpaired) electrons. The van der Waals surface area contributed by atoms with Crippen LogP contribution in [0.4, 0.5) is 5.69 Å². The molecule has 1 heterocycles. The summed E-state index contributed by atoms with van der Waals surface area (Å²) in [6.45, 7) is 2.28. The minimum atomic E-state index is -0.485. The van der Waals surface area contributed by atoms with E-state index < -0.39 is 4.92 Å². The number of benzene rings is 2. The minimum absolute atomic E-state index is 0.0290. The Labute approximate surface area is 172 Å². The number of hydrogen-bond donors (Lipinski definition) is 0. The van der Waals surface area contributed by atoms with Crippen molar-refractivity contribution < 1.29 is 14.5 Å². The van der Waals surface area contributed by atoms with E-state index in [1.807, 2.05) is 31.2 Å². The van der Waals surface area contributed by atoms with Crippen LogP contribution in [0.25, 0.3) is 11.1 Å². The van der Waals surface area contributed by atoms with Gasteiger partial charge in [-0.25, -0.2) is 4.98 Å². The maximum atomic E-state index is 12.9. The number of nitro benzene ring substituents is 1. The molecule has 8 heteroatoms. The third-order valence-corrected chi connectivity index (χ3v) is 4.89. The fourth-order valence-electron chi connectivity index (χ4n) is 3.12. The number of methoxy groups -OCH3 is 1. The highest BCUT2D eigenvalue weighted by Gasteiger charge is 2.13. The highest BCUT2D eigenvalue weighted by Crippen LogP contribution is 2.21. The van der Waals surface area contributed by atoms with E-state index in [4.69, 9.17) is 4.74 Å². The first-order chi connectivity index (χ1) is 14.4. The molecule has 0 aliphatic heterocycles. The van der Waals surface area contributed by atoms with Crippen LogP contribution in [0, 0.1) is 10.1 Å². The van der Waals surface area contributed by atoms with Gasteiger partial charge >= 0.3 is 5.97 Å². The minimum Gasteiger partial charge on any atom is -0.469 e. The van der Waals surface area contributed by atoms with Gasteiger partial charge in [0.05, 0.1) is 36.9 Å². The molecule has 0 spiro atoms. The van der Waals surface area contributed by atoms with Gasteiger partial charge in [-0.15, -0.1) is 0 Å². The lowest BCUT2D eigenvalue weighted by molar-refractivity contribution is -0.384. The summed E-state index contributed by atoms with van der Waals surface area (Å²) in [5.74, 6) is -0.228. The highest BCUT2D eigenvalue weighted by molar-refractivity contribution is 5.70. The second-order valence-electron chi connectivity index (χ2n) is 6.97. The van der Waals surface area contributed by atoms with Crippen molar-refractivity contribution in [2.75, 3.05) is 7.11 Å². The Morgan fingerprint density at radius 2 is 1.83 bits per heavy atom. The first kappa shape index (κ1) is 20.9. The molecular weight excluding hydrogens is 386 g/mol. The molecule has 0 aliphatic rings. The van der Waals surface area contributed by atoms with E-state index in [9.17, 15) is 19.7 Å². The smallest absolute Gasteiger partial charge is 0.306 e. The van der Waals surface area contributed by atoms with E-state index in [1.165, 1.54) is 36.3 Å². The Morgan fingerprint density at radius 3 is 2.43 bits per heavy atom. The fourth-order valence-corrected chi connectivity index (χ4v) is 3.12. The van der Waals surface area contributed by atoms with Crippen LogP contribution >= 0.6 is 0 Å². The van der Waals surface area contributed by atoms with Crippen molar-refractivity contribution in [1.82, 2.24) is 9.55 Å². The number of hydrogen-bond acceptors (Lipinski definition) is 6. The van der Waals surface area contributed by atoms with Gasteiger partial charge in [0, 0.05) is 18.3 Å². The fraction of sp³-hybridized carbons (Fsp3) is 0.227. The predicted octanol–water partition coefficient (Wildman–Crippen LogP) is 3.53. The summed E-state index contributed by atoms with van der Waals surface area (Å²) < 4.78 is 6.20. The van der Waals surface area contributed by atoms with Crippen LogP contribution in [-0.4, -0.2) is 27.6 Å². The van der Waals surface area contributed by atoms with Gasteiger partial charge in [0.15, 0.2) is 0 Å². The quantitative estimate of drug-likeness (QED) is 0.337. The van der Waals surface area contributed by atoms with Gasteiger partial charge in [-0.3, -0.25) is 24.3 Å². The van der Waals surface area contributed by atoms with E-state index in [1.54, 1.807) is 12.1 Å². The zero-order valence-electron chi connectivity index (χ0n) is 16.6. The first-order valence-corrected chi connectivity index (χ1v) is 9.34. The molecule has 1 atom stereocenters. The Bertz CT molecular complexity index is 1100. The normalized spacial score (nSPS) is 11.7. The summed E-state index contributed by atoms with van der Waals surface area (Å²) in [6.07, 6.45) is 3.22. The van der Waals surface area contributed by atoms with E-state index >= 15 is 0 Å². The van der Waals surface area contributed by atoms with Gasteiger partial charge in [0.2, 0.25) is 0 Å². The molecule has 30 heavy (non-hydrogen) atoms. The molecule has 0 saturated heterocycles. The maximum Gasteiger partial charge on any atom is 0.306 e. The molecular formula is C22H21N3O5. The van der Waals surface area contributed by atoms with Gasteiger partial charge in [-0.1, -0.05) is 31.2 Å². The molecule has 0 bridgehead atoms. The molecule has 0 N–H and O–H groups in total. The summed E-state index contributed by atoms with van der Waals surface area (Å²) in [7, 11) is 1.37.